The van der Waals surface area contributed by atoms with E-state index in [1.165, 1.54) is 34.0 Å². The van der Waals surface area contributed by atoms with Crippen LogP contribution in [-0.4, -0.2) is 26.7 Å². The van der Waals surface area contributed by atoms with E-state index in [1.807, 2.05) is 36.6 Å². The standard InChI is InChI=1S/C15H14N4O2S2/c1-22-15-18-13-12(23-15)14(21)19(9-17-13)8-11(20)16-7-10-5-3-2-4-6-10/h2-6,9H,7-8H2,1H3,(H,16,20). The minimum Gasteiger partial charge on any atom is -0.350 e. The fraction of sp³-hybridized carbons (Fsp3) is 0.200. The van der Waals surface area contributed by atoms with E-state index in [4.69, 9.17) is 0 Å². The Morgan fingerprint density at radius 3 is 2.87 bits per heavy atom. The van der Waals surface area contributed by atoms with Crippen LogP contribution >= 0.6 is 23.1 Å². The third-order valence-corrected chi connectivity index (χ3v) is 5.20. The van der Waals surface area contributed by atoms with Gasteiger partial charge in [0.05, 0.1) is 0 Å². The molecule has 1 N–H and O–H groups in total. The summed E-state index contributed by atoms with van der Waals surface area (Å²) >= 11 is 2.77. The highest BCUT2D eigenvalue weighted by molar-refractivity contribution is 8.00. The first kappa shape index (κ1) is 15.7. The van der Waals surface area contributed by atoms with Crippen molar-refractivity contribution in [3.05, 3.63) is 52.6 Å². The number of thioether (sulfide) groups is 1. The molecule has 0 aliphatic rings. The molecule has 0 radical (unpaired) electrons. The lowest BCUT2D eigenvalue weighted by atomic mass is 10.2. The highest BCUT2D eigenvalue weighted by atomic mass is 32.2. The lowest BCUT2D eigenvalue weighted by Gasteiger charge is -2.07. The molecule has 0 fully saturated rings. The van der Waals surface area contributed by atoms with Gasteiger partial charge < -0.3 is 5.32 Å². The number of aromatic nitrogens is 3. The van der Waals surface area contributed by atoms with E-state index in [2.05, 4.69) is 15.3 Å². The van der Waals surface area contributed by atoms with Gasteiger partial charge in [0.2, 0.25) is 5.91 Å². The summed E-state index contributed by atoms with van der Waals surface area (Å²) in [5, 5.41) is 2.80. The van der Waals surface area contributed by atoms with Crippen molar-refractivity contribution >= 4 is 39.4 Å². The van der Waals surface area contributed by atoms with Crippen LogP contribution in [0.2, 0.25) is 0 Å². The van der Waals surface area contributed by atoms with Crippen molar-refractivity contribution in [2.45, 2.75) is 17.4 Å². The number of hydrogen-bond acceptors (Lipinski definition) is 6. The number of carbonyl (C=O) groups is 1. The molecule has 2 heterocycles. The zero-order valence-corrected chi connectivity index (χ0v) is 14.0. The largest absolute Gasteiger partial charge is 0.350 e. The maximum atomic E-state index is 12.4. The average Bonchev–Trinajstić information content (AvgIpc) is 3.01. The Balaban J connectivity index is 1.72. The molecule has 3 rings (SSSR count). The number of amides is 1. The number of nitrogens with one attached hydrogen (secondary N) is 1. The van der Waals surface area contributed by atoms with Crippen molar-refractivity contribution < 1.29 is 4.79 Å². The molecule has 0 unspecified atom stereocenters. The predicted octanol–water partition coefficient (Wildman–Crippen LogP) is 1.89. The minimum atomic E-state index is -0.234. The van der Waals surface area contributed by atoms with Crippen molar-refractivity contribution in [3.8, 4) is 0 Å². The van der Waals surface area contributed by atoms with Gasteiger partial charge in [-0.3, -0.25) is 14.2 Å². The third-order valence-electron chi connectivity index (χ3n) is 3.19. The number of benzene rings is 1. The maximum Gasteiger partial charge on any atom is 0.273 e. The molecule has 23 heavy (non-hydrogen) atoms. The van der Waals surface area contributed by atoms with Crippen LogP contribution in [0.4, 0.5) is 0 Å². The smallest absolute Gasteiger partial charge is 0.273 e. The first-order valence-electron chi connectivity index (χ1n) is 6.88. The van der Waals surface area contributed by atoms with Crippen LogP contribution < -0.4 is 10.9 Å². The molecule has 0 aliphatic heterocycles. The zero-order chi connectivity index (χ0) is 16.2. The molecule has 0 saturated heterocycles. The van der Waals surface area contributed by atoms with Gasteiger partial charge in [-0.05, 0) is 11.8 Å². The van der Waals surface area contributed by atoms with Gasteiger partial charge in [-0.25, -0.2) is 9.97 Å². The summed E-state index contributed by atoms with van der Waals surface area (Å²) in [7, 11) is 0. The van der Waals surface area contributed by atoms with Crippen LogP contribution in [0.1, 0.15) is 5.56 Å². The molecule has 3 aromatic rings. The van der Waals surface area contributed by atoms with Gasteiger partial charge in [-0.1, -0.05) is 42.1 Å². The van der Waals surface area contributed by atoms with E-state index in [0.29, 0.717) is 16.9 Å². The maximum absolute atomic E-state index is 12.4. The summed E-state index contributed by atoms with van der Waals surface area (Å²) < 4.78 is 2.58. The van der Waals surface area contributed by atoms with Gasteiger partial charge in [0.1, 0.15) is 17.6 Å². The summed E-state index contributed by atoms with van der Waals surface area (Å²) in [5.41, 5.74) is 1.21. The molecular formula is C15H14N4O2S2. The average molecular weight is 346 g/mol. The van der Waals surface area contributed by atoms with Crippen LogP contribution in [0.5, 0.6) is 0 Å². The number of carbonyl (C=O) groups excluding carboxylic acids is 1. The molecule has 0 saturated carbocycles. The van der Waals surface area contributed by atoms with Crippen molar-refractivity contribution in [1.82, 2.24) is 19.9 Å². The van der Waals surface area contributed by atoms with Crippen LogP contribution in [-0.2, 0) is 17.9 Å². The van der Waals surface area contributed by atoms with E-state index >= 15 is 0 Å². The van der Waals surface area contributed by atoms with Crippen LogP contribution in [0.15, 0.2) is 45.8 Å². The Kier molecular flexibility index (Phi) is 4.73. The Hall–Kier alpha value is -2.19. The van der Waals surface area contributed by atoms with Gasteiger partial charge >= 0.3 is 0 Å². The van der Waals surface area contributed by atoms with E-state index in [1.54, 1.807) is 0 Å². The molecule has 2 aromatic heterocycles. The van der Waals surface area contributed by atoms with E-state index in [0.717, 1.165) is 9.90 Å². The minimum absolute atomic E-state index is 0.0545. The predicted molar refractivity (Wildman–Crippen MR) is 91.7 cm³/mol. The number of rotatable bonds is 5. The second-order valence-corrected chi connectivity index (χ2v) is 6.83. The van der Waals surface area contributed by atoms with E-state index < -0.39 is 0 Å². The quantitative estimate of drug-likeness (QED) is 0.714. The monoisotopic (exact) mass is 346 g/mol. The zero-order valence-electron chi connectivity index (χ0n) is 12.4. The summed E-state index contributed by atoms with van der Waals surface area (Å²) in [5.74, 6) is -0.230. The number of nitrogens with zero attached hydrogens (tertiary/aromatic N) is 3. The van der Waals surface area contributed by atoms with Crippen LogP contribution in [0, 0.1) is 0 Å². The molecule has 8 heteroatoms. The lowest BCUT2D eigenvalue weighted by Crippen LogP contribution is -2.31. The topological polar surface area (TPSA) is 76.9 Å². The SMILES string of the molecule is CSc1nc2ncn(CC(=O)NCc3ccccc3)c(=O)c2s1. The van der Waals surface area contributed by atoms with Crippen molar-refractivity contribution in [2.75, 3.05) is 6.26 Å². The molecular weight excluding hydrogens is 332 g/mol. The molecule has 0 atom stereocenters. The number of thiazole rings is 1. The lowest BCUT2D eigenvalue weighted by molar-refractivity contribution is -0.121. The van der Waals surface area contributed by atoms with Crippen LogP contribution in [0.3, 0.4) is 0 Å². The second-order valence-electron chi connectivity index (χ2n) is 4.78. The van der Waals surface area contributed by atoms with Gasteiger partial charge in [0, 0.05) is 6.54 Å². The molecule has 1 amide bonds. The normalized spacial score (nSPS) is 10.8. The first-order chi connectivity index (χ1) is 11.2. The molecule has 6 nitrogen and oxygen atoms in total. The molecule has 0 bridgehead atoms. The molecule has 0 aliphatic carbocycles. The van der Waals surface area contributed by atoms with Gasteiger partial charge in [-0.15, -0.1) is 11.3 Å². The Labute approximate surface area is 140 Å². The fourth-order valence-corrected chi connectivity index (χ4v) is 3.50. The summed E-state index contributed by atoms with van der Waals surface area (Å²) in [4.78, 5) is 32.8. The molecule has 118 valence electrons. The molecule has 0 spiro atoms. The highest BCUT2D eigenvalue weighted by Crippen LogP contribution is 2.24. The van der Waals surface area contributed by atoms with Crippen molar-refractivity contribution in [3.63, 3.8) is 0 Å². The summed E-state index contributed by atoms with van der Waals surface area (Å²) in [6.45, 7) is 0.377. The number of fused-ring (bicyclic) bond motifs is 1. The first-order valence-corrected chi connectivity index (χ1v) is 8.92. The Bertz CT molecular complexity index is 889. The third kappa shape index (κ3) is 3.59. The van der Waals surface area contributed by atoms with Crippen molar-refractivity contribution in [2.24, 2.45) is 0 Å². The Morgan fingerprint density at radius 2 is 2.13 bits per heavy atom. The molecule has 1 aromatic carbocycles. The van der Waals surface area contributed by atoms with Gasteiger partial charge in [0.15, 0.2) is 9.99 Å². The van der Waals surface area contributed by atoms with Gasteiger partial charge in [0.25, 0.3) is 5.56 Å². The van der Waals surface area contributed by atoms with E-state index in [9.17, 15) is 9.59 Å². The number of hydrogen-bond donors (Lipinski definition) is 1. The van der Waals surface area contributed by atoms with Crippen molar-refractivity contribution in [1.29, 1.82) is 0 Å². The summed E-state index contributed by atoms with van der Waals surface area (Å²) in [6.07, 6.45) is 3.27. The van der Waals surface area contributed by atoms with Crippen LogP contribution in [0.25, 0.3) is 10.3 Å². The highest BCUT2D eigenvalue weighted by Gasteiger charge is 2.12. The fourth-order valence-electron chi connectivity index (χ4n) is 2.03. The van der Waals surface area contributed by atoms with Gasteiger partial charge in [-0.2, -0.15) is 0 Å². The van der Waals surface area contributed by atoms with E-state index in [-0.39, 0.29) is 18.0 Å². The Morgan fingerprint density at radius 1 is 1.35 bits per heavy atom. The second kappa shape index (κ2) is 6.93. The summed E-state index contributed by atoms with van der Waals surface area (Å²) in [6, 6.07) is 9.61.